The third-order valence-corrected chi connectivity index (χ3v) is 2.42. The van der Waals surface area contributed by atoms with Crippen molar-refractivity contribution in [1.82, 2.24) is 20.2 Å². The summed E-state index contributed by atoms with van der Waals surface area (Å²) in [7, 11) is 1.65. The first-order valence-electron chi connectivity index (χ1n) is 5.14. The molecule has 5 nitrogen and oxygen atoms in total. The zero-order valence-corrected chi connectivity index (χ0v) is 9.58. The van der Waals surface area contributed by atoms with Crippen molar-refractivity contribution in [2.45, 2.75) is 19.8 Å². The van der Waals surface area contributed by atoms with E-state index < -0.39 is 0 Å². The molecule has 2 rings (SSSR count). The molecular formula is C11H14N4O. The van der Waals surface area contributed by atoms with Crippen LogP contribution in [0.2, 0.25) is 0 Å². The smallest absolute Gasteiger partial charge is 0.162 e. The van der Waals surface area contributed by atoms with E-state index in [0.29, 0.717) is 5.92 Å². The van der Waals surface area contributed by atoms with Gasteiger partial charge < -0.3 is 4.74 Å². The molecule has 0 fully saturated rings. The minimum Gasteiger partial charge on any atom is -0.494 e. The van der Waals surface area contributed by atoms with Crippen LogP contribution in [0.25, 0.3) is 5.69 Å². The summed E-state index contributed by atoms with van der Waals surface area (Å²) in [4.78, 5) is 1.46. The Hall–Kier alpha value is -1.91. The molecule has 2 aromatic rings. The van der Waals surface area contributed by atoms with Crippen molar-refractivity contribution >= 4 is 0 Å². The van der Waals surface area contributed by atoms with E-state index in [9.17, 15) is 0 Å². The molecule has 16 heavy (non-hydrogen) atoms. The van der Waals surface area contributed by atoms with Crippen LogP contribution in [-0.4, -0.2) is 27.3 Å². The molecular weight excluding hydrogens is 204 g/mol. The number of aromatic nitrogens is 4. The summed E-state index contributed by atoms with van der Waals surface area (Å²) < 4.78 is 5.43. The van der Waals surface area contributed by atoms with Crippen LogP contribution >= 0.6 is 0 Å². The first kappa shape index (κ1) is 10.6. The van der Waals surface area contributed by atoms with E-state index in [4.69, 9.17) is 4.74 Å². The fraction of sp³-hybridized carbons (Fsp3) is 0.364. The maximum absolute atomic E-state index is 5.43. The number of para-hydroxylation sites is 1. The van der Waals surface area contributed by atoms with E-state index in [2.05, 4.69) is 29.3 Å². The molecule has 0 atom stereocenters. The van der Waals surface area contributed by atoms with Crippen LogP contribution in [0.3, 0.4) is 0 Å². The molecule has 1 aromatic carbocycles. The summed E-state index contributed by atoms with van der Waals surface area (Å²) in [6.07, 6.45) is 1.40. The molecule has 1 aromatic heterocycles. The number of benzene rings is 1. The molecule has 0 radical (unpaired) electrons. The van der Waals surface area contributed by atoms with Gasteiger partial charge in [0, 0.05) is 0 Å². The highest BCUT2D eigenvalue weighted by Gasteiger charge is 2.13. The average Bonchev–Trinajstić information content (AvgIpc) is 2.81. The van der Waals surface area contributed by atoms with Gasteiger partial charge in [-0.1, -0.05) is 26.0 Å². The highest BCUT2D eigenvalue weighted by molar-refractivity contribution is 5.51. The van der Waals surface area contributed by atoms with E-state index in [1.54, 1.807) is 7.11 Å². The number of methoxy groups -OCH3 is 1. The molecule has 0 amide bonds. The SMILES string of the molecule is COc1c(C(C)C)cccc1-n1ncnn1. The Balaban J connectivity index is 2.58. The van der Waals surface area contributed by atoms with Gasteiger partial charge in [0.15, 0.2) is 6.33 Å². The van der Waals surface area contributed by atoms with Gasteiger partial charge in [0.05, 0.1) is 7.11 Å². The molecule has 0 saturated carbocycles. The topological polar surface area (TPSA) is 52.8 Å². The third-order valence-electron chi connectivity index (χ3n) is 2.42. The van der Waals surface area contributed by atoms with Crippen LogP contribution in [0, 0.1) is 0 Å². The average molecular weight is 218 g/mol. The predicted molar refractivity (Wildman–Crippen MR) is 59.8 cm³/mol. The molecule has 84 valence electrons. The number of tetrazole rings is 1. The Labute approximate surface area is 94.0 Å². The zero-order chi connectivity index (χ0) is 11.5. The fourth-order valence-electron chi connectivity index (χ4n) is 1.65. The van der Waals surface area contributed by atoms with Crippen molar-refractivity contribution < 1.29 is 4.74 Å². The number of ether oxygens (including phenoxy) is 1. The monoisotopic (exact) mass is 218 g/mol. The molecule has 0 spiro atoms. The second-order valence-electron chi connectivity index (χ2n) is 3.78. The molecule has 0 unspecified atom stereocenters. The summed E-state index contributed by atoms with van der Waals surface area (Å²) in [5, 5.41) is 11.6. The maximum atomic E-state index is 5.43. The first-order chi connectivity index (χ1) is 7.74. The highest BCUT2D eigenvalue weighted by atomic mass is 16.5. The van der Waals surface area contributed by atoms with Crippen LogP contribution in [0.4, 0.5) is 0 Å². The standard InChI is InChI=1S/C11H14N4O/c1-8(2)9-5-4-6-10(11(9)16-3)15-13-7-12-14-15/h4-8H,1-3H3. The summed E-state index contributed by atoms with van der Waals surface area (Å²) in [5.41, 5.74) is 1.95. The Bertz CT molecular complexity index is 465. The van der Waals surface area contributed by atoms with E-state index >= 15 is 0 Å². The zero-order valence-electron chi connectivity index (χ0n) is 9.58. The van der Waals surface area contributed by atoms with Gasteiger partial charge in [-0.05, 0) is 22.8 Å². The van der Waals surface area contributed by atoms with E-state index in [-0.39, 0.29) is 0 Å². The van der Waals surface area contributed by atoms with Gasteiger partial charge in [-0.15, -0.1) is 15.0 Å². The largest absolute Gasteiger partial charge is 0.494 e. The summed E-state index contributed by atoms with van der Waals surface area (Å²) in [6.45, 7) is 4.24. The lowest BCUT2D eigenvalue weighted by atomic mass is 10.0. The van der Waals surface area contributed by atoms with Crippen molar-refractivity contribution in [3.8, 4) is 11.4 Å². The van der Waals surface area contributed by atoms with E-state index in [1.165, 1.54) is 11.1 Å². The normalized spacial score (nSPS) is 10.8. The van der Waals surface area contributed by atoms with Gasteiger partial charge in [0.25, 0.3) is 0 Å². The molecule has 0 aliphatic rings. The second-order valence-corrected chi connectivity index (χ2v) is 3.78. The minimum atomic E-state index is 0.387. The first-order valence-corrected chi connectivity index (χ1v) is 5.14. The lowest BCUT2D eigenvalue weighted by Crippen LogP contribution is -2.04. The molecule has 0 saturated heterocycles. The Morgan fingerprint density at radius 3 is 2.69 bits per heavy atom. The molecule has 0 bridgehead atoms. The minimum absolute atomic E-state index is 0.387. The lowest BCUT2D eigenvalue weighted by molar-refractivity contribution is 0.402. The molecule has 5 heteroatoms. The van der Waals surface area contributed by atoms with Crippen LogP contribution in [0.5, 0.6) is 5.75 Å². The van der Waals surface area contributed by atoms with Crippen molar-refractivity contribution in [2.75, 3.05) is 7.11 Å². The lowest BCUT2D eigenvalue weighted by Gasteiger charge is -2.14. The summed E-state index contributed by atoms with van der Waals surface area (Å²) in [5.74, 6) is 1.19. The number of hydrogen-bond acceptors (Lipinski definition) is 4. The van der Waals surface area contributed by atoms with Gasteiger partial charge in [-0.25, -0.2) is 0 Å². The molecule has 0 N–H and O–H groups in total. The second kappa shape index (κ2) is 4.30. The molecule has 0 aliphatic carbocycles. The van der Waals surface area contributed by atoms with Crippen LogP contribution < -0.4 is 4.74 Å². The van der Waals surface area contributed by atoms with E-state index in [1.807, 2.05) is 18.2 Å². The van der Waals surface area contributed by atoms with Gasteiger partial charge in [0.1, 0.15) is 11.4 Å². The fourth-order valence-corrected chi connectivity index (χ4v) is 1.65. The maximum Gasteiger partial charge on any atom is 0.162 e. The molecule has 1 heterocycles. The summed E-state index contributed by atoms with van der Waals surface area (Å²) in [6, 6.07) is 5.92. The van der Waals surface area contributed by atoms with Crippen molar-refractivity contribution in [3.63, 3.8) is 0 Å². The van der Waals surface area contributed by atoms with Gasteiger partial charge >= 0.3 is 0 Å². The van der Waals surface area contributed by atoms with Crippen molar-refractivity contribution in [2.24, 2.45) is 0 Å². The Kier molecular flexibility index (Phi) is 2.85. The van der Waals surface area contributed by atoms with Crippen LogP contribution in [-0.2, 0) is 0 Å². The number of rotatable bonds is 3. The van der Waals surface area contributed by atoms with Crippen molar-refractivity contribution in [1.29, 1.82) is 0 Å². The highest BCUT2D eigenvalue weighted by Crippen LogP contribution is 2.31. The Morgan fingerprint density at radius 2 is 2.12 bits per heavy atom. The van der Waals surface area contributed by atoms with E-state index in [0.717, 1.165) is 17.0 Å². The van der Waals surface area contributed by atoms with Crippen molar-refractivity contribution in [3.05, 3.63) is 30.1 Å². The van der Waals surface area contributed by atoms with Gasteiger partial charge in [-0.2, -0.15) is 0 Å². The van der Waals surface area contributed by atoms with Crippen LogP contribution in [0.1, 0.15) is 25.3 Å². The predicted octanol–water partition coefficient (Wildman–Crippen LogP) is 1.79. The quantitative estimate of drug-likeness (QED) is 0.788. The van der Waals surface area contributed by atoms with Gasteiger partial charge in [-0.3, -0.25) is 0 Å². The molecule has 0 aliphatic heterocycles. The number of nitrogens with zero attached hydrogens (tertiary/aromatic N) is 4. The number of hydrogen-bond donors (Lipinski definition) is 0. The third kappa shape index (κ3) is 1.76. The summed E-state index contributed by atoms with van der Waals surface area (Å²) >= 11 is 0. The van der Waals surface area contributed by atoms with Gasteiger partial charge in [0.2, 0.25) is 0 Å². The van der Waals surface area contributed by atoms with Crippen LogP contribution in [0.15, 0.2) is 24.5 Å². The Morgan fingerprint density at radius 1 is 1.31 bits per heavy atom.